The van der Waals surface area contributed by atoms with Crippen LogP contribution in [0.3, 0.4) is 0 Å². The lowest BCUT2D eigenvalue weighted by Crippen LogP contribution is -2.01. The maximum atomic E-state index is 6.74. The molecule has 0 aliphatic heterocycles. The third kappa shape index (κ3) is 4.44. The molecule has 268 valence electrons. The van der Waals surface area contributed by atoms with Crippen molar-refractivity contribution in [1.29, 1.82) is 0 Å². The predicted molar refractivity (Wildman–Crippen MR) is 237 cm³/mol. The molecule has 0 bridgehead atoms. The van der Waals surface area contributed by atoms with Gasteiger partial charge >= 0.3 is 0 Å². The van der Waals surface area contributed by atoms with E-state index < -0.39 is 0 Å². The first-order valence-electron chi connectivity index (χ1n) is 19.6. The van der Waals surface area contributed by atoms with Crippen LogP contribution in [0.2, 0.25) is 0 Å². The smallest absolute Gasteiger partial charge is 0.164 e. The summed E-state index contributed by atoms with van der Waals surface area (Å²) in [6.45, 7) is 0. The van der Waals surface area contributed by atoms with E-state index >= 15 is 0 Å². The molecular weight excluding hydrogens is 709 g/mol. The molecule has 5 heteroatoms. The van der Waals surface area contributed by atoms with Crippen molar-refractivity contribution in [3.63, 3.8) is 0 Å². The zero-order chi connectivity index (χ0) is 37.9. The number of benzene rings is 9. The Labute approximate surface area is 332 Å². The van der Waals surface area contributed by atoms with E-state index in [0.29, 0.717) is 17.5 Å². The SMILES string of the molecule is c1ccc(-c2nc(-c3ccc4ccccc4c3)nc(-c3cc(-n4c5cccc6c5c5c7c(cccc7ccc54)-c4ccccc4-6)c4c(c3)oc3ccccc34)n2)cc1. The van der Waals surface area contributed by atoms with Crippen molar-refractivity contribution in [1.82, 2.24) is 19.5 Å². The number of hydrogen-bond donors (Lipinski definition) is 0. The fourth-order valence-corrected chi connectivity index (χ4v) is 9.40. The fourth-order valence-electron chi connectivity index (χ4n) is 9.40. The molecule has 0 spiro atoms. The molecule has 3 aromatic heterocycles. The number of rotatable bonds is 4. The van der Waals surface area contributed by atoms with Crippen LogP contribution in [-0.4, -0.2) is 19.5 Å². The van der Waals surface area contributed by atoms with Crippen LogP contribution in [-0.2, 0) is 0 Å². The normalized spacial score (nSPS) is 12.1. The second-order valence-corrected chi connectivity index (χ2v) is 15.1. The third-order valence-corrected chi connectivity index (χ3v) is 11.9. The predicted octanol–water partition coefficient (Wildman–Crippen LogP) is 13.8. The monoisotopic (exact) mass is 738 g/mol. The van der Waals surface area contributed by atoms with Crippen LogP contribution < -0.4 is 0 Å². The van der Waals surface area contributed by atoms with Crippen molar-refractivity contribution in [3.8, 4) is 62.1 Å². The number of hydrogen-bond acceptors (Lipinski definition) is 4. The molecule has 9 aromatic carbocycles. The molecule has 5 nitrogen and oxygen atoms in total. The Balaban J connectivity index is 1.15. The third-order valence-electron chi connectivity index (χ3n) is 11.9. The molecule has 1 aliphatic rings. The van der Waals surface area contributed by atoms with Gasteiger partial charge in [0, 0.05) is 32.8 Å². The van der Waals surface area contributed by atoms with Gasteiger partial charge in [-0.15, -0.1) is 0 Å². The van der Waals surface area contributed by atoms with Crippen molar-refractivity contribution in [2.24, 2.45) is 0 Å². The largest absolute Gasteiger partial charge is 0.456 e. The quantitative estimate of drug-likeness (QED) is 0.180. The lowest BCUT2D eigenvalue weighted by molar-refractivity contribution is 0.669. The zero-order valence-electron chi connectivity index (χ0n) is 31.0. The van der Waals surface area contributed by atoms with Crippen LogP contribution in [0.4, 0.5) is 0 Å². The number of furan rings is 1. The van der Waals surface area contributed by atoms with Crippen LogP contribution in [0, 0.1) is 0 Å². The molecule has 58 heavy (non-hydrogen) atoms. The minimum Gasteiger partial charge on any atom is -0.456 e. The molecule has 0 fully saturated rings. The van der Waals surface area contributed by atoms with Gasteiger partial charge in [-0.05, 0) is 80.2 Å². The molecule has 0 saturated carbocycles. The topological polar surface area (TPSA) is 56.7 Å². The standard InChI is InChI=1S/C53H30N4O/c1-2-13-33(14-3-1)51-54-52(35-25-24-31-12-4-5-15-34(31)28-35)56-53(55-51)36-29-44(48-41-19-8-9-23-45(41)58-46(48)30-36)57-42-22-11-21-40-38-18-7-6-17-37(38)39-20-10-16-32-26-27-43(57)50(47(32)39)49(40)42/h1-30H. The molecule has 12 aromatic rings. The first kappa shape index (κ1) is 31.3. The van der Waals surface area contributed by atoms with Crippen LogP contribution in [0.25, 0.3) is 127 Å². The van der Waals surface area contributed by atoms with E-state index in [-0.39, 0.29) is 0 Å². The van der Waals surface area contributed by atoms with Crippen LogP contribution in [0.5, 0.6) is 0 Å². The van der Waals surface area contributed by atoms with E-state index in [2.05, 4.69) is 144 Å². The summed E-state index contributed by atoms with van der Waals surface area (Å²) in [4.78, 5) is 15.5. The lowest BCUT2D eigenvalue weighted by atomic mass is 9.93. The summed E-state index contributed by atoms with van der Waals surface area (Å²) in [5.41, 5.74) is 12.5. The van der Waals surface area contributed by atoms with E-state index in [9.17, 15) is 0 Å². The summed E-state index contributed by atoms with van der Waals surface area (Å²) in [6, 6.07) is 64.4. The van der Waals surface area contributed by atoms with Gasteiger partial charge in [0.15, 0.2) is 17.5 Å². The highest BCUT2D eigenvalue weighted by Crippen LogP contribution is 2.50. The summed E-state index contributed by atoms with van der Waals surface area (Å²) in [6.07, 6.45) is 0. The van der Waals surface area contributed by atoms with Gasteiger partial charge < -0.3 is 8.98 Å². The Bertz CT molecular complexity index is 3690. The molecule has 0 radical (unpaired) electrons. The van der Waals surface area contributed by atoms with Gasteiger partial charge in [0.2, 0.25) is 0 Å². The Morgan fingerprint density at radius 1 is 0.345 bits per heavy atom. The van der Waals surface area contributed by atoms with Crippen molar-refractivity contribution in [2.45, 2.75) is 0 Å². The lowest BCUT2D eigenvalue weighted by Gasteiger charge is -2.15. The summed E-state index contributed by atoms with van der Waals surface area (Å²) in [5, 5.41) is 9.40. The second kappa shape index (κ2) is 11.8. The summed E-state index contributed by atoms with van der Waals surface area (Å²) < 4.78 is 9.18. The molecule has 1 aliphatic carbocycles. The maximum Gasteiger partial charge on any atom is 0.164 e. The van der Waals surface area contributed by atoms with Gasteiger partial charge in [0.1, 0.15) is 11.2 Å². The van der Waals surface area contributed by atoms with Crippen LogP contribution >= 0.6 is 0 Å². The van der Waals surface area contributed by atoms with E-state index in [1.54, 1.807) is 0 Å². The van der Waals surface area contributed by atoms with Crippen LogP contribution in [0.15, 0.2) is 186 Å². The Morgan fingerprint density at radius 3 is 1.81 bits per heavy atom. The zero-order valence-corrected chi connectivity index (χ0v) is 31.0. The summed E-state index contributed by atoms with van der Waals surface area (Å²) in [5.74, 6) is 1.80. The maximum absolute atomic E-state index is 6.74. The average Bonchev–Trinajstić information content (AvgIpc) is 3.81. The van der Waals surface area contributed by atoms with Gasteiger partial charge in [0.05, 0.1) is 22.1 Å². The Morgan fingerprint density at radius 2 is 0.966 bits per heavy atom. The molecule has 0 amide bonds. The summed E-state index contributed by atoms with van der Waals surface area (Å²) >= 11 is 0. The van der Waals surface area contributed by atoms with E-state index in [1.807, 2.05) is 42.5 Å². The molecule has 3 heterocycles. The highest BCUT2D eigenvalue weighted by molar-refractivity contribution is 6.31. The highest BCUT2D eigenvalue weighted by atomic mass is 16.3. The molecule has 13 rings (SSSR count). The first-order chi connectivity index (χ1) is 28.7. The fraction of sp³-hybridized carbons (Fsp3) is 0. The van der Waals surface area contributed by atoms with Gasteiger partial charge in [-0.25, -0.2) is 15.0 Å². The molecule has 0 atom stereocenters. The van der Waals surface area contributed by atoms with Gasteiger partial charge in [-0.3, -0.25) is 0 Å². The highest BCUT2D eigenvalue weighted by Gasteiger charge is 2.27. The second-order valence-electron chi connectivity index (χ2n) is 15.1. The number of nitrogens with zero attached hydrogens (tertiary/aromatic N) is 4. The minimum atomic E-state index is 0.574. The van der Waals surface area contributed by atoms with Gasteiger partial charge in [-0.1, -0.05) is 146 Å². The average molecular weight is 739 g/mol. The van der Waals surface area contributed by atoms with E-state index in [4.69, 9.17) is 19.4 Å². The Hall–Kier alpha value is -7.89. The number of para-hydroxylation sites is 1. The first-order valence-corrected chi connectivity index (χ1v) is 19.6. The van der Waals surface area contributed by atoms with Crippen molar-refractivity contribution in [2.75, 3.05) is 0 Å². The molecular formula is C53H30N4O. The van der Waals surface area contributed by atoms with Gasteiger partial charge in [-0.2, -0.15) is 0 Å². The number of fused-ring (bicyclic) bond motifs is 7. The van der Waals surface area contributed by atoms with Gasteiger partial charge in [0.25, 0.3) is 0 Å². The van der Waals surface area contributed by atoms with Crippen molar-refractivity contribution < 1.29 is 4.42 Å². The molecule has 0 N–H and O–H groups in total. The van der Waals surface area contributed by atoms with Crippen molar-refractivity contribution in [3.05, 3.63) is 182 Å². The molecule has 0 unspecified atom stereocenters. The minimum absolute atomic E-state index is 0.574. The van der Waals surface area contributed by atoms with E-state index in [1.165, 1.54) is 49.2 Å². The van der Waals surface area contributed by atoms with E-state index in [0.717, 1.165) is 60.7 Å². The Kier molecular flexibility index (Phi) is 6.38. The summed E-state index contributed by atoms with van der Waals surface area (Å²) in [7, 11) is 0. The number of aromatic nitrogens is 4. The molecule has 0 saturated heterocycles. The van der Waals surface area contributed by atoms with Crippen LogP contribution in [0.1, 0.15) is 0 Å². The van der Waals surface area contributed by atoms with Crippen molar-refractivity contribution >= 4 is 65.3 Å².